The summed E-state index contributed by atoms with van der Waals surface area (Å²) in [4.78, 5) is 15.9. The van der Waals surface area contributed by atoms with Gasteiger partial charge >= 0.3 is 6.18 Å². The summed E-state index contributed by atoms with van der Waals surface area (Å²) in [6.07, 6.45) is -1.14. The number of hydrogen-bond acceptors (Lipinski definition) is 2. The highest BCUT2D eigenvalue weighted by Gasteiger charge is 2.33. The molecule has 140 valence electrons. The number of alkyl halides is 3. The smallest absolute Gasteiger partial charge is 0.345 e. The van der Waals surface area contributed by atoms with E-state index in [0.717, 1.165) is 38.4 Å². The lowest BCUT2D eigenvalue weighted by atomic mass is 9.90. The fourth-order valence-corrected chi connectivity index (χ4v) is 3.39. The zero-order valence-electron chi connectivity index (χ0n) is 15.0. The molecular weight excluding hydrogens is 329 g/mol. The number of carbonyl (C=O) groups excluding carboxylic acids is 1. The van der Waals surface area contributed by atoms with Crippen molar-refractivity contribution in [2.45, 2.75) is 38.8 Å². The molecule has 0 spiro atoms. The maximum atomic E-state index is 13.1. The molecule has 1 atom stereocenters. The molecule has 1 aliphatic heterocycles. The van der Waals surface area contributed by atoms with E-state index in [1.807, 2.05) is 6.92 Å². The molecule has 1 amide bonds. The zero-order chi connectivity index (χ0) is 18.4. The number of amides is 1. The van der Waals surface area contributed by atoms with E-state index >= 15 is 0 Å². The summed E-state index contributed by atoms with van der Waals surface area (Å²) in [5.41, 5.74) is -0.156. The van der Waals surface area contributed by atoms with E-state index in [1.165, 1.54) is 6.07 Å². The second-order valence-corrected chi connectivity index (χ2v) is 6.84. The van der Waals surface area contributed by atoms with Gasteiger partial charge in [0.15, 0.2) is 0 Å². The quantitative estimate of drug-likeness (QED) is 0.773. The molecule has 0 saturated carbocycles. The largest absolute Gasteiger partial charge is 0.416 e. The number of carbonyl (C=O) groups is 1. The van der Waals surface area contributed by atoms with Crippen LogP contribution >= 0.6 is 0 Å². The Bertz CT molecular complexity index is 574. The van der Waals surface area contributed by atoms with Crippen LogP contribution in [0.5, 0.6) is 0 Å². The SMILES string of the molecule is CCN(C)C(=O)CN1CCC[C@@H](CCc2ccccc2C(F)(F)F)C1. The van der Waals surface area contributed by atoms with Crippen molar-refractivity contribution in [3.8, 4) is 0 Å². The summed E-state index contributed by atoms with van der Waals surface area (Å²) in [7, 11) is 1.79. The molecule has 0 unspecified atom stereocenters. The second kappa shape index (κ2) is 8.70. The van der Waals surface area contributed by atoms with E-state index in [4.69, 9.17) is 0 Å². The van der Waals surface area contributed by atoms with Gasteiger partial charge < -0.3 is 4.90 Å². The number of likely N-dealkylation sites (N-methyl/N-ethyl adjacent to an activating group) is 1. The number of halogens is 3. The number of benzene rings is 1. The summed E-state index contributed by atoms with van der Waals surface area (Å²) in [6, 6.07) is 5.83. The van der Waals surface area contributed by atoms with Crippen LogP contribution in [0.2, 0.25) is 0 Å². The van der Waals surface area contributed by atoms with Gasteiger partial charge in [-0.1, -0.05) is 18.2 Å². The average molecular weight is 356 g/mol. The van der Waals surface area contributed by atoms with Crippen LogP contribution in [0.1, 0.15) is 37.3 Å². The Morgan fingerprint density at radius 1 is 1.32 bits per heavy atom. The first kappa shape index (κ1) is 19.8. The first-order chi connectivity index (χ1) is 11.8. The molecule has 0 bridgehead atoms. The third-order valence-corrected chi connectivity index (χ3v) is 5.01. The highest BCUT2D eigenvalue weighted by Crippen LogP contribution is 2.33. The van der Waals surface area contributed by atoms with Crippen LogP contribution in [0.3, 0.4) is 0 Å². The van der Waals surface area contributed by atoms with Crippen molar-refractivity contribution in [1.29, 1.82) is 0 Å². The van der Waals surface area contributed by atoms with Gasteiger partial charge in [0.25, 0.3) is 0 Å². The molecule has 0 radical (unpaired) electrons. The van der Waals surface area contributed by atoms with Gasteiger partial charge in [0, 0.05) is 20.1 Å². The van der Waals surface area contributed by atoms with Gasteiger partial charge in [-0.15, -0.1) is 0 Å². The highest BCUT2D eigenvalue weighted by molar-refractivity contribution is 5.77. The van der Waals surface area contributed by atoms with Crippen molar-refractivity contribution < 1.29 is 18.0 Å². The minimum atomic E-state index is -4.30. The van der Waals surface area contributed by atoms with Crippen LogP contribution in [0.25, 0.3) is 0 Å². The number of hydrogen-bond donors (Lipinski definition) is 0. The predicted octanol–water partition coefficient (Wildman–Crippen LogP) is 3.83. The molecule has 1 heterocycles. The van der Waals surface area contributed by atoms with Crippen LogP contribution < -0.4 is 0 Å². The van der Waals surface area contributed by atoms with Crippen molar-refractivity contribution in [2.24, 2.45) is 5.92 Å². The van der Waals surface area contributed by atoms with Crippen molar-refractivity contribution in [3.05, 3.63) is 35.4 Å². The molecular formula is C19H27F3N2O. The molecule has 0 aliphatic carbocycles. The minimum Gasteiger partial charge on any atom is -0.345 e. The van der Waals surface area contributed by atoms with Gasteiger partial charge in [0.2, 0.25) is 5.91 Å². The van der Waals surface area contributed by atoms with Crippen molar-refractivity contribution >= 4 is 5.91 Å². The van der Waals surface area contributed by atoms with Crippen LogP contribution in [0.4, 0.5) is 13.2 Å². The average Bonchev–Trinajstić information content (AvgIpc) is 2.59. The third kappa shape index (κ3) is 5.73. The summed E-state index contributed by atoms with van der Waals surface area (Å²) < 4.78 is 39.2. The molecule has 3 nitrogen and oxygen atoms in total. The summed E-state index contributed by atoms with van der Waals surface area (Å²) in [5.74, 6) is 0.445. The monoisotopic (exact) mass is 356 g/mol. The number of nitrogens with zero attached hydrogens (tertiary/aromatic N) is 2. The summed E-state index contributed by atoms with van der Waals surface area (Å²) in [5, 5.41) is 0. The number of likely N-dealkylation sites (tertiary alicyclic amines) is 1. The van der Waals surface area contributed by atoms with Gasteiger partial charge in [-0.2, -0.15) is 13.2 Å². The van der Waals surface area contributed by atoms with Crippen LogP contribution in [0.15, 0.2) is 24.3 Å². The number of aryl methyl sites for hydroxylation is 1. The Morgan fingerprint density at radius 3 is 2.72 bits per heavy atom. The molecule has 1 fully saturated rings. The van der Waals surface area contributed by atoms with Gasteiger partial charge in [-0.25, -0.2) is 0 Å². The first-order valence-corrected chi connectivity index (χ1v) is 8.92. The topological polar surface area (TPSA) is 23.6 Å². The van der Waals surface area contributed by atoms with Crippen LogP contribution in [-0.4, -0.2) is 48.9 Å². The number of piperidine rings is 1. The fourth-order valence-electron chi connectivity index (χ4n) is 3.39. The maximum Gasteiger partial charge on any atom is 0.416 e. The molecule has 0 N–H and O–H groups in total. The second-order valence-electron chi connectivity index (χ2n) is 6.84. The lowest BCUT2D eigenvalue weighted by Crippen LogP contribution is -2.43. The fraction of sp³-hybridized carbons (Fsp3) is 0.632. The maximum absolute atomic E-state index is 13.1. The van der Waals surface area contributed by atoms with Gasteiger partial charge in [0.1, 0.15) is 0 Å². The Kier molecular flexibility index (Phi) is 6.87. The molecule has 1 aliphatic rings. The standard InChI is InChI=1S/C19H27F3N2O/c1-3-23(2)18(25)14-24-12-6-7-15(13-24)10-11-16-8-4-5-9-17(16)19(20,21)22/h4-5,8-9,15H,3,6-7,10-14H2,1-2H3/t15-/m0/s1. The van der Waals surface area contributed by atoms with E-state index in [9.17, 15) is 18.0 Å². The highest BCUT2D eigenvalue weighted by atomic mass is 19.4. The normalized spacial score (nSPS) is 19.0. The van der Waals surface area contributed by atoms with Crippen molar-refractivity contribution in [2.75, 3.05) is 33.2 Å². The lowest BCUT2D eigenvalue weighted by molar-refractivity contribution is -0.138. The Labute approximate surface area is 147 Å². The van der Waals surface area contributed by atoms with Gasteiger partial charge in [-0.05, 0) is 56.7 Å². The summed E-state index contributed by atoms with van der Waals surface area (Å²) >= 11 is 0. The van der Waals surface area contributed by atoms with Crippen LogP contribution in [-0.2, 0) is 17.4 Å². The molecule has 1 aromatic rings. The van der Waals surface area contributed by atoms with E-state index < -0.39 is 11.7 Å². The number of rotatable bonds is 6. The Morgan fingerprint density at radius 2 is 2.04 bits per heavy atom. The molecule has 1 aromatic carbocycles. The summed E-state index contributed by atoms with van der Waals surface area (Å²) in [6.45, 7) is 4.70. The Hall–Kier alpha value is -1.56. The van der Waals surface area contributed by atoms with Crippen molar-refractivity contribution in [1.82, 2.24) is 9.80 Å². The van der Waals surface area contributed by atoms with Crippen molar-refractivity contribution in [3.63, 3.8) is 0 Å². The van der Waals surface area contributed by atoms with E-state index in [-0.39, 0.29) is 5.91 Å². The van der Waals surface area contributed by atoms with Gasteiger partial charge in [0.05, 0.1) is 12.1 Å². The minimum absolute atomic E-state index is 0.102. The lowest BCUT2D eigenvalue weighted by Gasteiger charge is -2.33. The Balaban J connectivity index is 1.90. The molecule has 1 saturated heterocycles. The van der Waals surface area contributed by atoms with Crippen LogP contribution in [0, 0.1) is 5.92 Å². The molecule has 0 aromatic heterocycles. The molecule has 2 rings (SSSR count). The molecule has 6 heteroatoms. The first-order valence-electron chi connectivity index (χ1n) is 8.92. The van der Waals surface area contributed by atoms with E-state index in [2.05, 4.69) is 4.90 Å². The van der Waals surface area contributed by atoms with E-state index in [0.29, 0.717) is 31.0 Å². The van der Waals surface area contributed by atoms with Gasteiger partial charge in [-0.3, -0.25) is 9.69 Å². The third-order valence-electron chi connectivity index (χ3n) is 5.01. The molecule has 25 heavy (non-hydrogen) atoms. The predicted molar refractivity (Wildman–Crippen MR) is 92.2 cm³/mol. The zero-order valence-corrected chi connectivity index (χ0v) is 15.0. The van der Waals surface area contributed by atoms with E-state index in [1.54, 1.807) is 24.1 Å².